The summed E-state index contributed by atoms with van der Waals surface area (Å²) >= 11 is 0. The topological polar surface area (TPSA) is 29.4 Å². The van der Waals surface area contributed by atoms with Crippen molar-refractivity contribution in [2.75, 3.05) is 0 Å². The van der Waals surface area contributed by atoms with Gasteiger partial charge in [-0.3, -0.25) is 9.79 Å². The third-order valence-corrected chi connectivity index (χ3v) is 2.16. The van der Waals surface area contributed by atoms with Gasteiger partial charge in [0.15, 0.2) is 0 Å². The van der Waals surface area contributed by atoms with Gasteiger partial charge < -0.3 is 0 Å². The molecule has 0 saturated heterocycles. The molecule has 0 aromatic rings. The lowest BCUT2D eigenvalue weighted by Gasteiger charge is -2.23. The van der Waals surface area contributed by atoms with Crippen molar-refractivity contribution < 1.29 is 4.79 Å². The lowest BCUT2D eigenvalue weighted by atomic mass is 9.81. The van der Waals surface area contributed by atoms with E-state index in [-0.39, 0.29) is 0 Å². The number of aliphatic imine (C=N–C) groups is 1. The Morgan fingerprint density at radius 3 is 2.83 bits per heavy atom. The van der Waals surface area contributed by atoms with E-state index in [0.717, 1.165) is 12.1 Å². The zero-order chi connectivity index (χ0) is 8.97. The molecule has 0 unspecified atom stereocenters. The lowest BCUT2D eigenvalue weighted by molar-refractivity contribution is -0.125. The van der Waals surface area contributed by atoms with Gasteiger partial charge in [0.2, 0.25) is 0 Å². The highest BCUT2D eigenvalue weighted by atomic mass is 16.1. The first-order chi connectivity index (χ1) is 5.74. The van der Waals surface area contributed by atoms with Crippen LogP contribution in [0.5, 0.6) is 0 Å². The summed E-state index contributed by atoms with van der Waals surface area (Å²) in [6.45, 7) is 4.07. The second-order valence-electron chi connectivity index (χ2n) is 3.21. The Kier molecular flexibility index (Phi) is 3.20. The molecule has 0 aromatic carbocycles. The first-order valence-electron chi connectivity index (χ1n) is 4.45. The van der Waals surface area contributed by atoms with Crippen LogP contribution in [0.15, 0.2) is 17.3 Å². The summed E-state index contributed by atoms with van der Waals surface area (Å²) in [4.78, 5) is 14.9. The largest absolute Gasteiger partial charge is 0.300 e. The van der Waals surface area contributed by atoms with Crippen LogP contribution in [0.3, 0.4) is 0 Å². The molecule has 0 spiro atoms. The van der Waals surface area contributed by atoms with Gasteiger partial charge in [-0.2, -0.15) is 0 Å². The summed E-state index contributed by atoms with van der Waals surface area (Å²) in [6, 6.07) is 0. The van der Waals surface area contributed by atoms with Gasteiger partial charge in [-0.05, 0) is 13.3 Å². The van der Waals surface area contributed by atoms with Crippen LogP contribution in [-0.4, -0.2) is 11.5 Å². The third kappa shape index (κ3) is 2.29. The monoisotopic (exact) mass is 165 g/mol. The molecule has 12 heavy (non-hydrogen) atoms. The maximum Gasteiger partial charge on any atom is 0.134 e. The second kappa shape index (κ2) is 4.19. The average molecular weight is 165 g/mol. The number of allylic oxidation sites excluding steroid dienone is 1. The minimum Gasteiger partial charge on any atom is -0.300 e. The van der Waals surface area contributed by atoms with Crippen LogP contribution < -0.4 is 0 Å². The fourth-order valence-electron chi connectivity index (χ4n) is 1.17. The summed E-state index contributed by atoms with van der Waals surface area (Å²) in [7, 11) is 0. The predicted molar refractivity (Wildman–Crippen MR) is 50.3 cm³/mol. The van der Waals surface area contributed by atoms with Crippen molar-refractivity contribution in [2.24, 2.45) is 10.9 Å². The lowest BCUT2D eigenvalue weighted by Crippen LogP contribution is -2.28. The van der Waals surface area contributed by atoms with E-state index in [9.17, 15) is 4.79 Å². The van der Waals surface area contributed by atoms with E-state index in [1.165, 1.54) is 0 Å². The molecule has 2 nitrogen and oxygen atoms in total. The van der Waals surface area contributed by atoms with Gasteiger partial charge in [-0.15, -0.1) is 0 Å². The summed E-state index contributed by atoms with van der Waals surface area (Å²) in [5, 5.41) is 0. The molecule has 0 N–H and O–H groups in total. The van der Waals surface area contributed by atoms with Gasteiger partial charge in [0.05, 0.1) is 0 Å². The molecule has 1 aliphatic rings. The summed E-state index contributed by atoms with van der Waals surface area (Å²) in [5.41, 5.74) is 1.10. The molecule has 1 fully saturated rings. The van der Waals surface area contributed by atoms with Crippen LogP contribution in [0.4, 0.5) is 0 Å². The first-order valence-corrected chi connectivity index (χ1v) is 4.45. The fraction of sp³-hybridized carbons (Fsp3) is 0.600. The number of nitrogens with zero attached hydrogens (tertiary/aromatic N) is 1. The Balaban J connectivity index is 2.36. The number of rotatable bonds is 3. The Morgan fingerprint density at radius 1 is 1.67 bits per heavy atom. The van der Waals surface area contributed by atoms with Gasteiger partial charge in [0.25, 0.3) is 0 Å². The van der Waals surface area contributed by atoms with Gasteiger partial charge in [0.1, 0.15) is 5.78 Å². The molecule has 2 heteroatoms. The predicted octanol–water partition coefficient (Wildman–Crippen LogP) is 2.35. The van der Waals surface area contributed by atoms with Gasteiger partial charge in [-0.1, -0.05) is 13.0 Å². The van der Waals surface area contributed by atoms with Gasteiger partial charge >= 0.3 is 0 Å². The molecular formula is C10H15NO. The molecular weight excluding hydrogens is 150 g/mol. The van der Waals surface area contributed by atoms with Gasteiger partial charge in [0, 0.05) is 30.7 Å². The SMILES string of the molecule is CC/C=C\N=C(C)C1CC(=O)C1. The third-order valence-electron chi connectivity index (χ3n) is 2.16. The molecule has 1 rings (SSSR count). The highest BCUT2D eigenvalue weighted by molar-refractivity contribution is 5.98. The van der Waals surface area contributed by atoms with E-state index in [1.54, 1.807) is 0 Å². The Hall–Kier alpha value is -0.920. The van der Waals surface area contributed by atoms with Crippen LogP contribution >= 0.6 is 0 Å². The molecule has 0 amide bonds. The fourth-order valence-corrected chi connectivity index (χ4v) is 1.17. The van der Waals surface area contributed by atoms with E-state index in [1.807, 2.05) is 19.2 Å². The number of carbonyl (C=O) groups excluding carboxylic acids is 1. The second-order valence-corrected chi connectivity index (χ2v) is 3.21. The molecule has 1 aliphatic carbocycles. The van der Waals surface area contributed by atoms with Crippen molar-refractivity contribution in [3.63, 3.8) is 0 Å². The van der Waals surface area contributed by atoms with E-state index < -0.39 is 0 Å². The molecule has 66 valence electrons. The first kappa shape index (κ1) is 9.17. The van der Waals surface area contributed by atoms with E-state index in [0.29, 0.717) is 24.5 Å². The number of carbonyl (C=O) groups is 1. The van der Waals surface area contributed by atoms with Crippen LogP contribution in [0, 0.1) is 5.92 Å². The average Bonchev–Trinajstić information content (AvgIpc) is 1.99. The standard InChI is InChI=1S/C10H15NO/c1-3-4-5-11-8(2)9-6-10(12)7-9/h4-5,9H,3,6-7H2,1-2H3/b5-4-,11-8?. The number of hydrogen-bond acceptors (Lipinski definition) is 2. The Morgan fingerprint density at radius 2 is 2.33 bits per heavy atom. The highest BCUT2D eigenvalue weighted by Crippen LogP contribution is 2.24. The maximum absolute atomic E-state index is 10.7. The molecule has 0 aliphatic heterocycles. The quantitative estimate of drug-likeness (QED) is 0.590. The Bertz CT molecular complexity index is 220. The van der Waals surface area contributed by atoms with Crippen LogP contribution in [-0.2, 0) is 4.79 Å². The normalized spacial score (nSPS) is 20.2. The van der Waals surface area contributed by atoms with Crippen molar-refractivity contribution in [1.82, 2.24) is 0 Å². The number of hydrogen-bond donors (Lipinski definition) is 0. The Labute approximate surface area is 73.4 Å². The molecule has 0 heterocycles. The van der Waals surface area contributed by atoms with Crippen molar-refractivity contribution in [2.45, 2.75) is 33.1 Å². The maximum atomic E-state index is 10.7. The smallest absolute Gasteiger partial charge is 0.134 e. The van der Waals surface area contributed by atoms with Crippen molar-refractivity contribution in [3.8, 4) is 0 Å². The number of Topliss-reactive ketones (excluding diaryl/α,β-unsaturated/α-hetero) is 1. The number of ketones is 1. The minimum absolute atomic E-state index is 0.369. The van der Waals surface area contributed by atoms with Crippen molar-refractivity contribution in [3.05, 3.63) is 12.3 Å². The molecule has 0 radical (unpaired) electrons. The zero-order valence-electron chi connectivity index (χ0n) is 7.71. The van der Waals surface area contributed by atoms with E-state index in [2.05, 4.69) is 11.9 Å². The van der Waals surface area contributed by atoms with Crippen LogP contribution in [0.2, 0.25) is 0 Å². The molecule has 0 bridgehead atoms. The van der Waals surface area contributed by atoms with E-state index >= 15 is 0 Å². The van der Waals surface area contributed by atoms with Gasteiger partial charge in [-0.25, -0.2) is 0 Å². The molecule has 0 aromatic heterocycles. The summed E-state index contributed by atoms with van der Waals surface area (Å²) in [5.74, 6) is 0.799. The zero-order valence-corrected chi connectivity index (χ0v) is 7.71. The highest BCUT2D eigenvalue weighted by Gasteiger charge is 2.28. The summed E-state index contributed by atoms with van der Waals surface area (Å²) < 4.78 is 0. The van der Waals surface area contributed by atoms with E-state index in [4.69, 9.17) is 0 Å². The van der Waals surface area contributed by atoms with Crippen molar-refractivity contribution in [1.29, 1.82) is 0 Å². The molecule has 1 saturated carbocycles. The minimum atomic E-state index is 0.369. The summed E-state index contributed by atoms with van der Waals surface area (Å²) in [6.07, 6.45) is 6.27. The van der Waals surface area contributed by atoms with Crippen LogP contribution in [0.25, 0.3) is 0 Å². The van der Waals surface area contributed by atoms with Crippen LogP contribution in [0.1, 0.15) is 33.1 Å². The molecule has 0 atom stereocenters. The van der Waals surface area contributed by atoms with Crippen molar-refractivity contribution >= 4 is 11.5 Å².